The van der Waals surface area contributed by atoms with Crippen molar-refractivity contribution in [3.63, 3.8) is 0 Å². The van der Waals surface area contributed by atoms with Crippen LogP contribution in [-0.2, 0) is 14.8 Å². The van der Waals surface area contributed by atoms with E-state index in [2.05, 4.69) is 15.6 Å². The molecule has 3 heterocycles. The van der Waals surface area contributed by atoms with Gasteiger partial charge in [-0.15, -0.1) is 0 Å². The van der Waals surface area contributed by atoms with Crippen LogP contribution in [0.15, 0.2) is 48.7 Å². The normalized spacial score (nSPS) is 20.7. The molecule has 10 nitrogen and oxygen atoms in total. The highest BCUT2D eigenvalue weighted by atomic mass is 35.5. The number of amides is 3. The average Bonchev–Trinajstić information content (AvgIpc) is 3.29. The number of aromatic amines is 1. The van der Waals surface area contributed by atoms with Gasteiger partial charge in [0.25, 0.3) is 11.8 Å². The molecular formula is C27H30ClN5O5S. The Kier molecular flexibility index (Phi) is 7.66. The first-order chi connectivity index (χ1) is 18.6. The van der Waals surface area contributed by atoms with Gasteiger partial charge in [-0.1, -0.05) is 17.7 Å². The van der Waals surface area contributed by atoms with Crippen molar-refractivity contribution in [3.8, 4) is 0 Å². The number of aromatic nitrogens is 1. The van der Waals surface area contributed by atoms with Crippen molar-refractivity contribution in [3.05, 3.63) is 64.8 Å². The molecule has 12 heteroatoms. The number of nitrogens with one attached hydrogen (secondary N) is 3. The molecule has 206 valence electrons. The van der Waals surface area contributed by atoms with Crippen molar-refractivity contribution < 1.29 is 22.8 Å². The molecule has 0 bridgehead atoms. The second-order valence-electron chi connectivity index (χ2n) is 10.0. The third kappa shape index (κ3) is 5.95. The molecule has 3 amide bonds. The molecule has 3 N–H and O–H groups in total. The molecule has 2 atom stereocenters. The largest absolute Gasteiger partial charge is 0.360 e. The van der Waals surface area contributed by atoms with E-state index < -0.39 is 28.0 Å². The third-order valence-electron chi connectivity index (χ3n) is 7.34. The van der Waals surface area contributed by atoms with E-state index in [-0.39, 0.29) is 24.9 Å². The molecule has 2 aromatic carbocycles. The molecule has 0 aliphatic carbocycles. The van der Waals surface area contributed by atoms with E-state index in [1.54, 1.807) is 53.6 Å². The van der Waals surface area contributed by atoms with Gasteiger partial charge in [0.15, 0.2) is 0 Å². The highest BCUT2D eigenvalue weighted by Gasteiger charge is 2.35. The zero-order valence-corrected chi connectivity index (χ0v) is 23.0. The van der Waals surface area contributed by atoms with Gasteiger partial charge in [0.05, 0.1) is 23.4 Å². The van der Waals surface area contributed by atoms with E-state index >= 15 is 0 Å². The molecule has 0 saturated carbocycles. The Morgan fingerprint density at radius 2 is 1.67 bits per heavy atom. The van der Waals surface area contributed by atoms with Gasteiger partial charge in [-0.2, -0.15) is 4.31 Å². The van der Waals surface area contributed by atoms with E-state index in [1.165, 1.54) is 4.31 Å². The first kappa shape index (κ1) is 27.2. The standard InChI is InChI=1S/C27H30ClN5O5S/c1-39(37,38)32-13-11-22(30-27(36)18-7-10-20-21(28)15-29-23(20)14-18)24(16-32)31-26(35)17-5-8-19(9-6-17)33-12-3-2-4-25(33)34/h5-10,14-15,22,24,29H,2-4,11-13,16H2,1H3,(H,30,36)(H,31,35)/t22-,24+/m1/s1. The molecule has 2 aliphatic rings. The maximum Gasteiger partial charge on any atom is 0.251 e. The highest BCUT2D eigenvalue weighted by Crippen LogP contribution is 2.25. The Hall–Kier alpha value is -3.41. The molecule has 0 radical (unpaired) electrons. The quantitative estimate of drug-likeness (QED) is 0.419. The minimum atomic E-state index is -3.49. The maximum absolute atomic E-state index is 13.2. The highest BCUT2D eigenvalue weighted by molar-refractivity contribution is 7.88. The summed E-state index contributed by atoms with van der Waals surface area (Å²) in [6, 6.07) is 10.8. The van der Waals surface area contributed by atoms with Gasteiger partial charge < -0.3 is 20.5 Å². The van der Waals surface area contributed by atoms with Crippen LogP contribution in [0, 0.1) is 0 Å². The van der Waals surface area contributed by atoms with Crippen molar-refractivity contribution in [2.75, 3.05) is 30.8 Å². The van der Waals surface area contributed by atoms with Crippen molar-refractivity contribution in [2.24, 2.45) is 0 Å². The Balaban J connectivity index is 1.31. The van der Waals surface area contributed by atoms with Crippen LogP contribution in [-0.4, -0.2) is 73.4 Å². The van der Waals surface area contributed by atoms with E-state index in [1.807, 2.05) is 0 Å². The summed E-state index contributed by atoms with van der Waals surface area (Å²) in [4.78, 5) is 43.3. The number of piperidine rings is 2. The number of hydrogen-bond acceptors (Lipinski definition) is 5. The molecule has 2 saturated heterocycles. The van der Waals surface area contributed by atoms with Crippen molar-refractivity contribution >= 4 is 55.9 Å². The zero-order valence-electron chi connectivity index (χ0n) is 21.4. The fraction of sp³-hybridized carbons (Fsp3) is 0.370. The number of carbonyl (C=O) groups is 3. The van der Waals surface area contributed by atoms with Gasteiger partial charge in [-0.05, 0) is 55.7 Å². The van der Waals surface area contributed by atoms with Gasteiger partial charge in [0, 0.05) is 60.0 Å². The number of benzene rings is 2. The van der Waals surface area contributed by atoms with Crippen LogP contribution in [0.4, 0.5) is 5.69 Å². The fourth-order valence-electron chi connectivity index (χ4n) is 5.15. The van der Waals surface area contributed by atoms with Gasteiger partial charge in [-0.3, -0.25) is 14.4 Å². The molecule has 3 aromatic rings. The predicted octanol–water partition coefficient (Wildman–Crippen LogP) is 2.90. The Morgan fingerprint density at radius 3 is 2.38 bits per heavy atom. The first-order valence-corrected chi connectivity index (χ1v) is 15.1. The predicted molar refractivity (Wildman–Crippen MR) is 149 cm³/mol. The summed E-state index contributed by atoms with van der Waals surface area (Å²) in [6.07, 6.45) is 5.44. The Morgan fingerprint density at radius 1 is 0.974 bits per heavy atom. The molecule has 2 aliphatic heterocycles. The number of anilines is 1. The van der Waals surface area contributed by atoms with E-state index in [0.29, 0.717) is 35.5 Å². The van der Waals surface area contributed by atoms with Crippen molar-refractivity contribution in [1.29, 1.82) is 0 Å². The summed E-state index contributed by atoms with van der Waals surface area (Å²) in [5.41, 5.74) is 2.25. The van der Waals surface area contributed by atoms with Crippen LogP contribution in [0.5, 0.6) is 0 Å². The van der Waals surface area contributed by atoms with E-state index in [4.69, 9.17) is 11.6 Å². The number of H-pyrrole nitrogens is 1. The van der Waals surface area contributed by atoms with Crippen LogP contribution < -0.4 is 15.5 Å². The molecule has 39 heavy (non-hydrogen) atoms. The molecule has 2 fully saturated rings. The van der Waals surface area contributed by atoms with E-state index in [9.17, 15) is 22.8 Å². The summed E-state index contributed by atoms with van der Waals surface area (Å²) in [5, 5.41) is 7.26. The first-order valence-electron chi connectivity index (χ1n) is 12.8. The van der Waals surface area contributed by atoms with E-state index in [0.717, 1.165) is 35.7 Å². The van der Waals surface area contributed by atoms with Crippen LogP contribution in [0.3, 0.4) is 0 Å². The summed E-state index contributed by atoms with van der Waals surface area (Å²) in [6.45, 7) is 0.903. The zero-order chi connectivity index (χ0) is 27.7. The van der Waals surface area contributed by atoms with Crippen LogP contribution in [0.1, 0.15) is 46.4 Å². The smallest absolute Gasteiger partial charge is 0.251 e. The summed E-state index contributed by atoms with van der Waals surface area (Å²) in [5.74, 6) is -0.664. The van der Waals surface area contributed by atoms with Gasteiger partial charge in [-0.25, -0.2) is 8.42 Å². The second kappa shape index (κ2) is 11.0. The van der Waals surface area contributed by atoms with Gasteiger partial charge in [0.2, 0.25) is 15.9 Å². The lowest BCUT2D eigenvalue weighted by Crippen LogP contribution is -2.61. The summed E-state index contributed by atoms with van der Waals surface area (Å²) >= 11 is 6.14. The number of fused-ring (bicyclic) bond motifs is 1. The maximum atomic E-state index is 13.2. The minimum Gasteiger partial charge on any atom is -0.360 e. The molecule has 0 spiro atoms. The topological polar surface area (TPSA) is 132 Å². The number of halogens is 1. The van der Waals surface area contributed by atoms with Crippen LogP contribution in [0.2, 0.25) is 5.02 Å². The number of nitrogens with zero attached hydrogens (tertiary/aromatic N) is 2. The number of carbonyl (C=O) groups excluding carboxylic acids is 3. The third-order valence-corrected chi connectivity index (χ3v) is 8.92. The molecule has 0 unspecified atom stereocenters. The monoisotopic (exact) mass is 571 g/mol. The van der Waals surface area contributed by atoms with Crippen LogP contribution >= 0.6 is 11.6 Å². The average molecular weight is 572 g/mol. The lowest BCUT2D eigenvalue weighted by molar-refractivity contribution is -0.119. The SMILES string of the molecule is CS(=O)(=O)N1CC[C@@H](NC(=O)c2ccc3c(Cl)c[nH]c3c2)[C@@H](NC(=O)c2ccc(N3CCCCC3=O)cc2)C1. The Labute approximate surface area is 231 Å². The number of rotatable bonds is 6. The van der Waals surface area contributed by atoms with Crippen LogP contribution in [0.25, 0.3) is 10.9 Å². The summed E-state index contributed by atoms with van der Waals surface area (Å²) in [7, 11) is -3.49. The second-order valence-corrected chi connectivity index (χ2v) is 12.4. The Bertz CT molecular complexity index is 1520. The van der Waals surface area contributed by atoms with Gasteiger partial charge in [0.1, 0.15) is 0 Å². The van der Waals surface area contributed by atoms with Gasteiger partial charge >= 0.3 is 0 Å². The lowest BCUT2D eigenvalue weighted by Gasteiger charge is -2.38. The fourth-order valence-corrected chi connectivity index (χ4v) is 6.24. The molecule has 1 aromatic heterocycles. The minimum absolute atomic E-state index is 0.0289. The molecular weight excluding hydrogens is 542 g/mol. The summed E-state index contributed by atoms with van der Waals surface area (Å²) < 4.78 is 25.8. The number of sulfonamides is 1. The number of hydrogen-bond donors (Lipinski definition) is 3. The lowest BCUT2D eigenvalue weighted by atomic mass is 9.99. The molecule has 5 rings (SSSR count). The van der Waals surface area contributed by atoms with Crippen molar-refractivity contribution in [2.45, 2.75) is 37.8 Å². The van der Waals surface area contributed by atoms with Crippen molar-refractivity contribution in [1.82, 2.24) is 19.9 Å².